The molecule has 1 amide bonds. The molecule has 2 N–H and O–H groups in total. The van der Waals surface area contributed by atoms with Crippen molar-refractivity contribution in [2.24, 2.45) is 16.6 Å². The van der Waals surface area contributed by atoms with Crippen LogP contribution in [0.15, 0.2) is 0 Å². The molecule has 2 bridgehead atoms. The molecule has 0 aromatic carbocycles. The van der Waals surface area contributed by atoms with Gasteiger partial charge in [-0.1, -0.05) is 6.42 Å². The number of carbonyl (C=O) groups excluding carboxylic acids is 1. The quantitative estimate of drug-likeness (QED) is 0.702. The van der Waals surface area contributed by atoms with Crippen molar-refractivity contribution in [2.75, 3.05) is 0 Å². The van der Waals surface area contributed by atoms with Crippen molar-refractivity contribution < 1.29 is 18.0 Å². The normalized spacial score (nSPS) is 41.6. The number of alkyl halides is 3. The van der Waals surface area contributed by atoms with Crippen LogP contribution in [0.5, 0.6) is 0 Å². The van der Waals surface area contributed by atoms with Crippen molar-refractivity contribution in [1.29, 1.82) is 0 Å². The Morgan fingerprint density at radius 1 is 1.21 bits per heavy atom. The van der Waals surface area contributed by atoms with Crippen LogP contribution in [-0.4, -0.2) is 12.1 Å². The summed E-state index contributed by atoms with van der Waals surface area (Å²) in [5.41, 5.74) is 2.70. The first-order valence-corrected chi connectivity index (χ1v) is 4.68. The predicted molar refractivity (Wildman–Crippen MR) is 43.2 cm³/mol. The van der Waals surface area contributed by atoms with E-state index in [9.17, 15) is 18.0 Å². The molecule has 0 aromatic rings. The van der Waals surface area contributed by atoms with Crippen molar-refractivity contribution in [3.63, 3.8) is 0 Å². The van der Waals surface area contributed by atoms with E-state index in [1.54, 1.807) is 0 Å². The van der Waals surface area contributed by atoms with Crippen molar-refractivity contribution >= 4 is 5.91 Å². The van der Waals surface area contributed by atoms with E-state index in [0.29, 0.717) is 12.8 Å². The van der Waals surface area contributed by atoms with Gasteiger partial charge in [0.05, 0.1) is 10.8 Å². The zero-order valence-electron chi connectivity index (χ0n) is 7.66. The number of halogens is 3. The molecule has 0 unspecified atom stereocenters. The van der Waals surface area contributed by atoms with Gasteiger partial charge in [0.2, 0.25) is 5.91 Å². The fourth-order valence-corrected chi connectivity index (χ4v) is 3.00. The molecule has 3 aliphatic rings. The van der Waals surface area contributed by atoms with Crippen LogP contribution in [0.3, 0.4) is 0 Å². The van der Waals surface area contributed by atoms with Crippen LogP contribution in [-0.2, 0) is 4.79 Å². The zero-order chi connectivity index (χ0) is 10.6. The van der Waals surface area contributed by atoms with Gasteiger partial charge < -0.3 is 5.73 Å². The Kier molecular flexibility index (Phi) is 1.71. The smallest absolute Gasteiger partial charge is 0.369 e. The lowest BCUT2D eigenvalue weighted by atomic mass is 9.45. The van der Waals surface area contributed by atoms with Gasteiger partial charge in [-0.15, -0.1) is 0 Å². The average molecular weight is 207 g/mol. The van der Waals surface area contributed by atoms with Crippen LogP contribution in [0.25, 0.3) is 0 Å². The summed E-state index contributed by atoms with van der Waals surface area (Å²) in [4.78, 5) is 11.0. The maximum atomic E-state index is 12.6. The van der Waals surface area contributed by atoms with E-state index in [4.69, 9.17) is 5.73 Å². The Labute approximate surface area is 79.6 Å². The monoisotopic (exact) mass is 207 g/mol. The summed E-state index contributed by atoms with van der Waals surface area (Å²) >= 11 is 0. The molecule has 0 atom stereocenters. The molecule has 0 saturated heterocycles. The van der Waals surface area contributed by atoms with Gasteiger partial charge in [-0.25, -0.2) is 0 Å². The van der Waals surface area contributed by atoms with E-state index in [1.165, 1.54) is 0 Å². The Bertz CT molecular complexity index is 278. The van der Waals surface area contributed by atoms with Crippen molar-refractivity contribution in [3.05, 3.63) is 0 Å². The van der Waals surface area contributed by atoms with E-state index in [1.807, 2.05) is 0 Å². The second-order valence-electron chi connectivity index (χ2n) is 4.63. The highest BCUT2D eigenvalue weighted by molar-refractivity contribution is 5.82. The number of hydrogen-bond acceptors (Lipinski definition) is 1. The maximum Gasteiger partial charge on any atom is 0.394 e. The summed E-state index contributed by atoms with van der Waals surface area (Å²) in [6.45, 7) is 0. The lowest BCUT2D eigenvalue weighted by Crippen LogP contribution is -2.62. The average Bonchev–Trinajstić information content (AvgIpc) is 2.01. The summed E-state index contributed by atoms with van der Waals surface area (Å²) < 4.78 is 37.9. The summed E-state index contributed by atoms with van der Waals surface area (Å²) in [6, 6.07) is 0. The molecule has 3 aliphatic carbocycles. The molecule has 5 heteroatoms. The molecular formula is C9H12F3NO. The second kappa shape index (κ2) is 2.44. The van der Waals surface area contributed by atoms with Crippen LogP contribution in [0.4, 0.5) is 13.2 Å². The zero-order valence-corrected chi connectivity index (χ0v) is 7.66. The van der Waals surface area contributed by atoms with Gasteiger partial charge in [0.25, 0.3) is 0 Å². The molecule has 3 rings (SSSR count). The minimum absolute atomic E-state index is 0.0845. The van der Waals surface area contributed by atoms with Gasteiger partial charge >= 0.3 is 6.18 Å². The number of hydrogen-bond donors (Lipinski definition) is 1. The van der Waals surface area contributed by atoms with Gasteiger partial charge in [-0.05, 0) is 25.7 Å². The first-order chi connectivity index (χ1) is 6.31. The lowest BCUT2D eigenvalue weighted by molar-refractivity contribution is -0.293. The van der Waals surface area contributed by atoms with E-state index in [-0.39, 0.29) is 19.3 Å². The Morgan fingerprint density at radius 3 is 2.21 bits per heavy atom. The minimum atomic E-state index is -4.17. The molecule has 0 aromatic heterocycles. The first kappa shape index (κ1) is 9.80. The molecule has 3 saturated carbocycles. The van der Waals surface area contributed by atoms with Crippen molar-refractivity contribution in [3.8, 4) is 0 Å². The van der Waals surface area contributed by atoms with E-state index in [2.05, 4.69) is 0 Å². The molecule has 14 heavy (non-hydrogen) atoms. The standard InChI is InChI=1S/C9H12F3NO/c10-9(11,12)8-3-1-2-7(4-8,5-8)6(13)14/h1-5H2,(H2,13,14). The number of carbonyl (C=O) groups is 1. The van der Waals surface area contributed by atoms with Crippen LogP contribution < -0.4 is 5.73 Å². The molecule has 2 nitrogen and oxygen atoms in total. The Balaban J connectivity index is 2.21. The highest BCUT2D eigenvalue weighted by atomic mass is 19.4. The predicted octanol–water partition coefficient (Wildman–Crippen LogP) is 1.98. The van der Waals surface area contributed by atoms with E-state index < -0.39 is 22.9 Å². The second-order valence-corrected chi connectivity index (χ2v) is 4.63. The Morgan fingerprint density at radius 2 is 1.79 bits per heavy atom. The van der Waals surface area contributed by atoms with Gasteiger partial charge in [0, 0.05) is 0 Å². The van der Waals surface area contributed by atoms with Crippen LogP contribution in [0, 0.1) is 10.8 Å². The van der Waals surface area contributed by atoms with Gasteiger partial charge in [0.15, 0.2) is 0 Å². The number of amides is 1. The number of fused-ring (bicyclic) bond motifs is 2. The van der Waals surface area contributed by atoms with Gasteiger partial charge in [-0.3, -0.25) is 4.79 Å². The number of primary amides is 1. The molecular weight excluding hydrogens is 195 g/mol. The van der Waals surface area contributed by atoms with Crippen LogP contribution in [0.1, 0.15) is 32.1 Å². The summed E-state index contributed by atoms with van der Waals surface area (Å²) in [5.74, 6) is -0.558. The van der Waals surface area contributed by atoms with Gasteiger partial charge in [0.1, 0.15) is 0 Å². The fraction of sp³-hybridized carbons (Fsp3) is 0.889. The molecule has 80 valence electrons. The number of rotatable bonds is 1. The number of nitrogens with two attached hydrogens (primary N) is 1. The molecule has 0 heterocycles. The highest BCUT2D eigenvalue weighted by Gasteiger charge is 2.70. The summed E-state index contributed by atoms with van der Waals surface area (Å²) in [6.07, 6.45) is -3.20. The lowest BCUT2D eigenvalue weighted by Gasteiger charge is -2.59. The van der Waals surface area contributed by atoms with E-state index >= 15 is 0 Å². The molecule has 0 aliphatic heterocycles. The van der Waals surface area contributed by atoms with Crippen LogP contribution >= 0.6 is 0 Å². The topological polar surface area (TPSA) is 43.1 Å². The third-order valence-corrected chi connectivity index (χ3v) is 3.79. The van der Waals surface area contributed by atoms with E-state index in [0.717, 1.165) is 0 Å². The van der Waals surface area contributed by atoms with Crippen molar-refractivity contribution in [2.45, 2.75) is 38.3 Å². The van der Waals surface area contributed by atoms with Gasteiger partial charge in [-0.2, -0.15) is 13.2 Å². The molecule has 0 radical (unpaired) electrons. The summed E-state index contributed by atoms with van der Waals surface area (Å²) in [7, 11) is 0. The Hall–Kier alpha value is -0.740. The largest absolute Gasteiger partial charge is 0.394 e. The third kappa shape index (κ3) is 1.01. The first-order valence-electron chi connectivity index (χ1n) is 4.68. The molecule has 3 fully saturated rings. The third-order valence-electron chi connectivity index (χ3n) is 3.79. The SMILES string of the molecule is NC(=O)C12CCCC(C(F)(F)F)(C1)C2. The highest BCUT2D eigenvalue weighted by Crippen LogP contribution is 2.69. The fourth-order valence-electron chi connectivity index (χ4n) is 3.00. The maximum absolute atomic E-state index is 12.6. The minimum Gasteiger partial charge on any atom is -0.369 e. The molecule has 0 spiro atoms. The van der Waals surface area contributed by atoms with Crippen molar-refractivity contribution in [1.82, 2.24) is 0 Å². The summed E-state index contributed by atoms with van der Waals surface area (Å²) in [5, 5.41) is 0. The van der Waals surface area contributed by atoms with Crippen LogP contribution in [0.2, 0.25) is 0 Å².